The number of carboxylic acids is 1. The first-order chi connectivity index (χ1) is 6.02. The van der Waals surface area contributed by atoms with E-state index < -0.39 is 18.1 Å². The summed E-state index contributed by atoms with van der Waals surface area (Å²) in [6.45, 7) is 1.57. The second-order valence-corrected chi connectivity index (χ2v) is 3.89. The van der Waals surface area contributed by atoms with Gasteiger partial charge in [0.05, 0.1) is 12.1 Å². The van der Waals surface area contributed by atoms with Crippen LogP contribution < -0.4 is 5.73 Å². The smallest absolute Gasteiger partial charge is 0.345 e. The van der Waals surface area contributed by atoms with E-state index in [1.54, 1.807) is 13.0 Å². The maximum atomic E-state index is 10.5. The number of hydrogen-bond acceptors (Lipinski definition) is 4. The van der Waals surface area contributed by atoms with E-state index >= 15 is 0 Å². The van der Waals surface area contributed by atoms with Gasteiger partial charge in [-0.2, -0.15) is 0 Å². The van der Waals surface area contributed by atoms with Crippen LogP contribution in [0.15, 0.2) is 12.1 Å². The van der Waals surface area contributed by atoms with Crippen LogP contribution in [0.4, 0.5) is 0 Å². The highest BCUT2D eigenvalue weighted by molar-refractivity contribution is 7.14. The lowest BCUT2D eigenvalue weighted by atomic mass is 10.1. The Balaban J connectivity index is 2.85. The molecule has 4 N–H and O–H groups in total. The zero-order valence-corrected chi connectivity index (χ0v) is 7.91. The zero-order chi connectivity index (χ0) is 10.0. The molecule has 0 aliphatic heterocycles. The minimum Gasteiger partial charge on any atom is -0.477 e. The SMILES string of the molecule is C[C@H](O)[C@H](N)c1ccc(C(=O)O)s1. The summed E-state index contributed by atoms with van der Waals surface area (Å²) < 4.78 is 0. The fourth-order valence-corrected chi connectivity index (χ4v) is 1.83. The molecule has 0 aromatic carbocycles. The lowest BCUT2D eigenvalue weighted by Gasteiger charge is -2.11. The van der Waals surface area contributed by atoms with Gasteiger partial charge in [-0.05, 0) is 19.1 Å². The normalized spacial score (nSPS) is 15.3. The van der Waals surface area contributed by atoms with Crippen LogP contribution >= 0.6 is 11.3 Å². The molecule has 0 saturated carbocycles. The summed E-state index contributed by atoms with van der Waals surface area (Å²) in [4.78, 5) is 11.4. The number of nitrogens with two attached hydrogens (primary N) is 1. The van der Waals surface area contributed by atoms with Crippen LogP contribution in [0.1, 0.15) is 27.5 Å². The molecule has 0 saturated heterocycles. The molecule has 1 rings (SSSR count). The van der Waals surface area contributed by atoms with Crippen molar-refractivity contribution in [2.45, 2.75) is 19.1 Å². The van der Waals surface area contributed by atoms with Crippen molar-refractivity contribution in [3.8, 4) is 0 Å². The summed E-state index contributed by atoms with van der Waals surface area (Å²) in [6.07, 6.45) is -0.666. The van der Waals surface area contributed by atoms with Crippen molar-refractivity contribution >= 4 is 17.3 Å². The standard InChI is InChI=1S/C8H11NO3S/c1-4(10)7(9)5-2-3-6(13-5)8(11)12/h2-4,7,10H,9H2,1H3,(H,11,12)/t4-,7-/m0/s1. The van der Waals surface area contributed by atoms with E-state index in [1.165, 1.54) is 6.07 Å². The summed E-state index contributed by atoms with van der Waals surface area (Å²) in [5.41, 5.74) is 5.62. The minimum absolute atomic E-state index is 0.242. The second kappa shape index (κ2) is 3.87. The first-order valence-corrected chi connectivity index (χ1v) is 4.60. The van der Waals surface area contributed by atoms with E-state index in [0.717, 1.165) is 11.3 Å². The largest absolute Gasteiger partial charge is 0.477 e. The third-order valence-electron chi connectivity index (χ3n) is 1.69. The van der Waals surface area contributed by atoms with Crippen molar-refractivity contribution < 1.29 is 15.0 Å². The molecule has 1 heterocycles. The van der Waals surface area contributed by atoms with Crippen LogP contribution in [-0.4, -0.2) is 22.3 Å². The molecule has 0 aliphatic carbocycles. The number of hydrogen-bond donors (Lipinski definition) is 3. The summed E-state index contributed by atoms with van der Waals surface area (Å²) in [6, 6.07) is 2.62. The maximum Gasteiger partial charge on any atom is 0.345 e. The molecule has 0 spiro atoms. The fourth-order valence-electron chi connectivity index (χ4n) is 0.885. The predicted molar refractivity (Wildman–Crippen MR) is 49.9 cm³/mol. The number of rotatable bonds is 3. The molecule has 5 heteroatoms. The molecule has 13 heavy (non-hydrogen) atoms. The van der Waals surface area contributed by atoms with Crippen molar-refractivity contribution in [1.82, 2.24) is 0 Å². The molecule has 0 amide bonds. The lowest BCUT2D eigenvalue weighted by Crippen LogP contribution is -2.21. The first kappa shape index (κ1) is 10.2. The Morgan fingerprint density at radius 3 is 2.62 bits per heavy atom. The molecule has 0 radical (unpaired) electrons. The molecule has 0 aliphatic rings. The Morgan fingerprint density at radius 1 is 1.62 bits per heavy atom. The number of carboxylic acid groups (broad SMARTS) is 1. The Hall–Kier alpha value is -0.910. The highest BCUT2D eigenvalue weighted by Crippen LogP contribution is 2.23. The third-order valence-corrected chi connectivity index (χ3v) is 2.86. The van der Waals surface area contributed by atoms with Gasteiger partial charge in [0.25, 0.3) is 0 Å². The van der Waals surface area contributed by atoms with Crippen molar-refractivity contribution in [1.29, 1.82) is 0 Å². The molecular weight excluding hydrogens is 190 g/mol. The van der Waals surface area contributed by atoms with Crippen LogP contribution in [-0.2, 0) is 0 Å². The van der Waals surface area contributed by atoms with Gasteiger partial charge in [0, 0.05) is 4.88 Å². The molecule has 0 fully saturated rings. The van der Waals surface area contributed by atoms with Crippen LogP contribution in [0.5, 0.6) is 0 Å². The summed E-state index contributed by atoms with van der Waals surface area (Å²) in [5.74, 6) is -0.964. The van der Waals surface area contributed by atoms with Gasteiger partial charge in [0.15, 0.2) is 0 Å². The van der Waals surface area contributed by atoms with Crippen LogP contribution in [0.2, 0.25) is 0 Å². The average molecular weight is 201 g/mol. The second-order valence-electron chi connectivity index (χ2n) is 2.77. The molecule has 4 nitrogen and oxygen atoms in total. The van der Waals surface area contributed by atoms with Gasteiger partial charge in [-0.15, -0.1) is 11.3 Å². The monoisotopic (exact) mass is 201 g/mol. The minimum atomic E-state index is -0.964. The third kappa shape index (κ3) is 2.27. The van der Waals surface area contributed by atoms with Gasteiger partial charge in [-0.1, -0.05) is 0 Å². The number of aromatic carboxylic acids is 1. The molecule has 1 aromatic heterocycles. The van der Waals surface area contributed by atoms with E-state index in [0.29, 0.717) is 4.88 Å². The van der Waals surface area contributed by atoms with Gasteiger partial charge in [-0.3, -0.25) is 0 Å². The van der Waals surface area contributed by atoms with Crippen molar-refractivity contribution in [3.05, 3.63) is 21.9 Å². The number of aliphatic hydroxyl groups excluding tert-OH is 1. The van der Waals surface area contributed by atoms with E-state index in [-0.39, 0.29) is 4.88 Å². The number of carbonyl (C=O) groups is 1. The molecule has 0 unspecified atom stereocenters. The Labute approximate surface area is 79.6 Å². The van der Waals surface area contributed by atoms with Crippen molar-refractivity contribution in [2.24, 2.45) is 5.73 Å². The van der Waals surface area contributed by atoms with E-state index in [9.17, 15) is 4.79 Å². The highest BCUT2D eigenvalue weighted by Gasteiger charge is 2.16. The van der Waals surface area contributed by atoms with E-state index in [1.807, 2.05) is 0 Å². The summed E-state index contributed by atoms with van der Waals surface area (Å²) in [7, 11) is 0. The Kier molecular flexibility index (Phi) is 3.02. The summed E-state index contributed by atoms with van der Waals surface area (Å²) >= 11 is 1.09. The molecule has 1 aromatic rings. The highest BCUT2D eigenvalue weighted by atomic mass is 32.1. The molecule has 2 atom stereocenters. The molecule has 0 bridgehead atoms. The molecular formula is C8H11NO3S. The fraction of sp³-hybridized carbons (Fsp3) is 0.375. The van der Waals surface area contributed by atoms with Crippen molar-refractivity contribution in [3.63, 3.8) is 0 Å². The average Bonchev–Trinajstić information content (AvgIpc) is 2.50. The lowest BCUT2D eigenvalue weighted by molar-refractivity contribution is 0.0702. The zero-order valence-electron chi connectivity index (χ0n) is 7.10. The number of thiophene rings is 1. The number of aliphatic hydroxyl groups is 1. The first-order valence-electron chi connectivity index (χ1n) is 3.79. The van der Waals surface area contributed by atoms with Crippen LogP contribution in [0.25, 0.3) is 0 Å². The van der Waals surface area contributed by atoms with E-state index in [4.69, 9.17) is 15.9 Å². The maximum absolute atomic E-state index is 10.5. The van der Waals surface area contributed by atoms with Gasteiger partial charge in [-0.25, -0.2) is 4.79 Å². The van der Waals surface area contributed by atoms with E-state index in [2.05, 4.69) is 0 Å². The molecule has 72 valence electrons. The van der Waals surface area contributed by atoms with Crippen LogP contribution in [0, 0.1) is 0 Å². The predicted octanol–water partition coefficient (Wildman–Crippen LogP) is 0.827. The van der Waals surface area contributed by atoms with Gasteiger partial charge < -0.3 is 15.9 Å². The topological polar surface area (TPSA) is 83.5 Å². The Bertz CT molecular complexity index is 308. The van der Waals surface area contributed by atoms with Gasteiger partial charge >= 0.3 is 5.97 Å². The quantitative estimate of drug-likeness (QED) is 0.676. The van der Waals surface area contributed by atoms with Gasteiger partial charge in [0.1, 0.15) is 4.88 Å². The summed E-state index contributed by atoms with van der Waals surface area (Å²) in [5, 5.41) is 17.8. The van der Waals surface area contributed by atoms with Crippen LogP contribution in [0.3, 0.4) is 0 Å². The van der Waals surface area contributed by atoms with Crippen molar-refractivity contribution in [2.75, 3.05) is 0 Å². The Morgan fingerprint density at radius 2 is 2.23 bits per heavy atom. The van der Waals surface area contributed by atoms with Gasteiger partial charge in [0.2, 0.25) is 0 Å².